The molecule has 1 aliphatic heterocycles. The van der Waals surface area contributed by atoms with Crippen LogP contribution >= 0.6 is 0 Å². The van der Waals surface area contributed by atoms with Gasteiger partial charge in [0.2, 0.25) is 0 Å². The molecule has 2 saturated carbocycles. The van der Waals surface area contributed by atoms with Gasteiger partial charge in [0.1, 0.15) is 35.9 Å². The van der Waals surface area contributed by atoms with Crippen molar-refractivity contribution in [1.82, 2.24) is 0 Å². The topological polar surface area (TPSA) is 167 Å². The number of carbonyl (C=O) groups excluding carboxylic acids is 6. The van der Waals surface area contributed by atoms with Crippen LogP contribution in [0.25, 0.3) is 0 Å². The number of ether oxygens (including phenoxy) is 7. The molecule has 2 bridgehead atoms. The van der Waals surface area contributed by atoms with Crippen LogP contribution in [0, 0.1) is 17.3 Å². The van der Waals surface area contributed by atoms with Gasteiger partial charge in [-0.15, -0.1) is 0 Å². The Bertz CT molecular complexity index is 1640. The molecule has 268 valence electrons. The molecule has 2 aromatic rings. The Morgan fingerprint density at radius 2 is 1.16 bits per heavy atom. The first-order valence-corrected chi connectivity index (χ1v) is 16.4. The van der Waals surface area contributed by atoms with Crippen LogP contribution in [0.2, 0.25) is 0 Å². The standard InChI is InChI=1S/C37H42O13/c1-20-18-27(45-22(3)39)30(48-33(42)25-14-10-8-11-15-25)36(19-44-21(2)38)32(49-34(43)26-16-12-9-13-17-26)29(46-23(4)40)28-31(47-24(5)41)37(20,36)50-35(28,6)7/h8-17,20,27-32H,18-19H2,1-7H3/t20-,27+,28-,29-,30+,31-,32-,36+,37-/m1/s1. The van der Waals surface area contributed by atoms with E-state index in [-0.39, 0.29) is 17.5 Å². The van der Waals surface area contributed by atoms with Gasteiger partial charge in [-0.1, -0.05) is 43.3 Å². The maximum absolute atomic E-state index is 14.1. The van der Waals surface area contributed by atoms with Gasteiger partial charge in [0.05, 0.1) is 22.6 Å². The maximum Gasteiger partial charge on any atom is 0.338 e. The fourth-order valence-corrected chi connectivity index (χ4v) is 8.38. The second kappa shape index (κ2) is 13.9. The molecular formula is C37H42O13. The Hall–Kier alpha value is -4.78. The van der Waals surface area contributed by atoms with Crippen LogP contribution in [-0.2, 0) is 52.3 Å². The summed E-state index contributed by atoms with van der Waals surface area (Å²) in [6, 6.07) is 16.0. The van der Waals surface area contributed by atoms with Crippen molar-refractivity contribution in [1.29, 1.82) is 0 Å². The number of carbonyl (C=O) groups is 6. The van der Waals surface area contributed by atoms with Gasteiger partial charge in [-0.05, 0) is 50.5 Å². The van der Waals surface area contributed by atoms with E-state index in [4.69, 9.17) is 33.2 Å². The zero-order valence-electron chi connectivity index (χ0n) is 29.0. The summed E-state index contributed by atoms with van der Waals surface area (Å²) in [5, 5.41) is 0. The highest BCUT2D eigenvalue weighted by Crippen LogP contribution is 2.68. The van der Waals surface area contributed by atoms with E-state index in [0.717, 1.165) is 6.92 Å². The second-order valence-electron chi connectivity index (χ2n) is 13.6. The molecule has 0 radical (unpaired) electrons. The first-order chi connectivity index (χ1) is 23.5. The lowest BCUT2D eigenvalue weighted by Gasteiger charge is -2.64. The van der Waals surface area contributed by atoms with Crippen LogP contribution in [0.1, 0.15) is 75.6 Å². The normalized spacial score (nSPS) is 32.0. The molecule has 1 saturated heterocycles. The molecule has 1 spiro atoms. The molecule has 0 unspecified atom stereocenters. The van der Waals surface area contributed by atoms with Crippen molar-refractivity contribution in [2.45, 2.75) is 96.6 Å². The van der Waals surface area contributed by atoms with E-state index in [9.17, 15) is 28.8 Å². The van der Waals surface area contributed by atoms with Gasteiger partial charge in [0.25, 0.3) is 0 Å². The monoisotopic (exact) mass is 694 g/mol. The summed E-state index contributed by atoms with van der Waals surface area (Å²) in [6.07, 6.45) is -7.04. The lowest BCUT2D eigenvalue weighted by atomic mass is 9.47. The molecule has 2 aliphatic carbocycles. The minimum absolute atomic E-state index is 0.0201. The van der Waals surface area contributed by atoms with Crippen molar-refractivity contribution in [2.24, 2.45) is 17.3 Å². The van der Waals surface area contributed by atoms with E-state index in [1.807, 2.05) is 0 Å². The molecule has 5 rings (SSSR count). The van der Waals surface area contributed by atoms with Gasteiger partial charge in [0.15, 0.2) is 12.2 Å². The fourth-order valence-electron chi connectivity index (χ4n) is 8.38. The highest BCUT2D eigenvalue weighted by molar-refractivity contribution is 5.90. The van der Waals surface area contributed by atoms with E-state index in [1.54, 1.807) is 57.2 Å². The number of benzene rings is 2. The largest absolute Gasteiger partial charge is 0.465 e. The zero-order chi connectivity index (χ0) is 36.6. The van der Waals surface area contributed by atoms with Crippen LogP contribution in [0.5, 0.6) is 0 Å². The van der Waals surface area contributed by atoms with Gasteiger partial charge >= 0.3 is 35.8 Å². The highest BCUT2D eigenvalue weighted by Gasteiger charge is 2.85. The molecule has 0 aromatic heterocycles. The molecular weight excluding hydrogens is 652 g/mol. The minimum atomic E-state index is -2.03. The van der Waals surface area contributed by atoms with Crippen molar-refractivity contribution >= 4 is 35.8 Å². The predicted molar refractivity (Wildman–Crippen MR) is 172 cm³/mol. The van der Waals surface area contributed by atoms with Gasteiger partial charge in [0, 0.05) is 27.7 Å². The number of hydrogen-bond donors (Lipinski definition) is 0. The van der Waals surface area contributed by atoms with Gasteiger partial charge < -0.3 is 33.2 Å². The second-order valence-corrected chi connectivity index (χ2v) is 13.6. The number of esters is 6. The molecule has 13 nitrogen and oxygen atoms in total. The van der Waals surface area contributed by atoms with Crippen LogP contribution < -0.4 is 0 Å². The predicted octanol–water partition coefficient (Wildman–Crippen LogP) is 4.00. The fraction of sp³-hybridized carbons (Fsp3) is 0.514. The van der Waals surface area contributed by atoms with Crippen LogP contribution in [-0.4, -0.2) is 84.1 Å². The Kier molecular flexibility index (Phi) is 10.1. The number of fused-ring (bicyclic) bond motifs is 1. The summed E-state index contributed by atoms with van der Waals surface area (Å²) in [5.41, 5.74) is -4.77. The van der Waals surface area contributed by atoms with Crippen molar-refractivity contribution in [3.8, 4) is 0 Å². The van der Waals surface area contributed by atoms with Crippen molar-refractivity contribution < 1.29 is 61.9 Å². The average molecular weight is 695 g/mol. The van der Waals surface area contributed by atoms with E-state index >= 15 is 0 Å². The summed E-state index contributed by atoms with van der Waals surface area (Å²) in [4.78, 5) is 79.3. The quantitative estimate of drug-likeness (QED) is 0.273. The Morgan fingerprint density at radius 3 is 1.64 bits per heavy atom. The van der Waals surface area contributed by atoms with Crippen molar-refractivity contribution in [3.63, 3.8) is 0 Å². The Balaban J connectivity index is 1.87. The van der Waals surface area contributed by atoms with Crippen molar-refractivity contribution in [2.75, 3.05) is 6.61 Å². The van der Waals surface area contributed by atoms with E-state index < -0.39 is 101 Å². The molecule has 3 fully saturated rings. The van der Waals surface area contributed by atoms with E-state index in [2.05, 4.69) is 0 Å². The smallest absolute Gasteiger partial charge is 0.338 e. The third-order valence-corrected chi connectivity index (χ3v) is 9.95. The van der Waals surface area contributed by atoms with Crippen LogP contribution in [0.4, 0.5) is 0 Å². The van der Waals surface area contributed by atoms with Crippen molar-refractivity contribution in [3.05, 3.63) is 71.8 Å². The van der Waals surface area contributed by atoms with Crippen LogP contribution in [0.15, 0.2) is 60.7 Å². The Labute approximate surface area is 289 Å². The minimum Gasteiger partial charge on any atom is -0.465 e. The zero-order valence-corrected chi connectivity index (χ0v) is 29.0. The molecule has 2 aromatic carbocycles. The third-order valence-electron chi connectivity index (χ3n) is 9.95. The third kappa shape index (κ3) is 6.34. The SMILES string of the molecule is CC(=O)OC[C@]12[C@H](OC(=O)c3ccccc3)[C@H](OC(C)=O)[C@@H]3[C@@H](OC(C)=O)[C@]1(OC3(C)C)[C@H](C)C[C@H](OC(C)=O)[C@@H]2OC(=O)c1ccccc1. The molecule has 0 amide bonds. The van der Waals surface area contributed by atoms with E-state index in [0.29, 0.717) is 0 Å². The summed E-state index contributed by atoms with van der Waals surface area (Å²) in [5.74, 6) is -6.29. The Morgan fingerprint density at radius 1 is 0.660 bits per heavy atom. The summed E-state index contributed by atoms with van der Waals surface area (Å²) < 4.78 is 43.5. The number of rotatable bonds is 9. The highest BCUT2D eigenvalue weighted by atomic mass is 16.6. The molecule has 13 heteroatoms. The lowest BCUT2D eigenvalue weighted by Crippen LogP contribution is -2.81. The summed E-state index contributed by atoms with van der Waals surface area (Å²) >= 11 is 0. The first kappa shape index (κ1) is 36.5. The summed E-state index contributed by atoms with van der Waals surface area (Å²) in [6.45, 7) is 9.26. The molecule has 3 aliphatic rings. The van der Waals surface area contributed by atoms with Gasteiger partial charge in [-0.25, -0.2) is 9.59 Å². The average Bonchev–Trinajstić information content (AvgIpc) is 3.24. The molecule has 1 heterocycles. The molecule has 9 atom stereocenters. The van der Waals surface area contributed by atoms with Gasteiger partial charge in [-0.2, -0.15) is 0 Å². The lowest BCUT2D eigenvalue weighted by molar-refractivity contribution is -0.327. The molecule has 0 N–H and O–H groups in total. The number of hydrogen-bond acceptors (Lipinski definition) is 13. The first-order valence-electron chi connectivity index (χ1n) is 16.4. The summed E-state index contributed by atoms with van der Waals surface area (Å²) in [7, 11) is 0. The maximum atomic E-state index is 14.1. The molecule has 50 heavy (non-hydrogen) atoms. The van der Waals surface area contributed by atoms with Crippen LogP contribution in [0.3, 0.4) is 0 Å². The van der Waals surface area contributed by atoms with E-state index in [1.165, 1.54) is 45.0 Å². The van der Waals surface area contributed by atoms with Gasteiger partial charge in [-0.3, -0.25) is 19.2 Å².